The molecule has 3 aromatic rings. The van der Waals surface area contributed by atoms with Crippen LogP contribution in [-0.4, -0.2) is 49.3 Å². The van der Waals surface area contributed by atoms with E-state index in [-0.39, 0.29) is 23.9 Å². The van der Waals surface area contributed by atoms with Gasteiger partial charge in [-0.15, -0.1) is 0 Å². The number of hydrogen-bond donors (Lipinski definition) is 2. The molecule has 0 spiro atoms. The van der Waals surface area contributed by atoms with Gasteiger partial charge < -0.3 is 24.1 Å². The molecule has 1 amide bonds. The molecule has 0 saturated carbocycles. The summed E-state index contributed by atoms with van der Waals surface area (Å²) in [6, 6.07) is 7.23. The zero-order valence-corrected chi connectivity index (χ0v) is 18.6. The average Bonchev–Trinajstić information content (AvgIpc) is 3.23. The number of aromatic amines is 1. The number of methoxy groups -OCH3 is 1. The molecule has 4 rings (SSSR count). The van der Waals surface area contributed by atoms with Crippen molar-refractivity contribution in [2.75, 3.05) is 38.3 Å². The summed E-state index contributed by atoms with van der Waals surface area (Å²) in [6.45, 7) is 6.27. The van der Waals surface area contributed by atoms with E-state index in [4.69, 9.17) is 13.9 Å². The van der Waals surface area contributed by atoms with Crippen LogP contribution in [0, 0.1) is 6.92 Å². The van der Waals surface area contributed by atoms with Gasteiger partial charge in [0.15, 0.2) is 11.3 Å². The Morgan fingerprint density at radius 2 is 2.12 bits per heavy atom. The molecule has 2 N–H and O–H groups in total. The number of benzene rings is 1. The first-order valence-corrected chi connectivity index (χ1v) is 10.7. The van der Waals surface area contributed by atoms with E-state index in [9.17, 15) is 9.59 Å². The number of fused-ring (bicyclic) bond motifs is 1. The maximum Gasteiger partial charge on any atom is 0.255 e. The first-order valence-electron chi connectivity index (χ1n) is 10.7. The molecular formula is C23H28N4O5. The molecular weight excluding hydrogens is 412 g/mol. The summed E-state index contributed by atoms with van der Waals surface area (Å²) in [5.74, 6) is 1.68. The maximum atomic E-state index is 12.6. The Morgan fingerprint density at radius 3 is 2.84 bits per heavy atom. The van der Waals surface area contributed by atoms with Gasteiger partial charge in [-0.2, -0.15) is 0 Å². The second-order valence-electron chi connectivity index (χ2n) is 7.87. The molecule has 0 bridgehead atoms. The van der Waals surface area contributed by atoms with Gasteiger partial charge in [-0.3, -0.25) is 14.6 Å². The van der Waals surface area contributed by atoms with Crippen molar-refractivity contribution >= 4 is 22.8 Å². The van der Waals surface area contributed by atoms with E-state index in [1.165, 1.54) is 0 Å². The molecule has 1 aliphatic heterocycles. The lowest BCUT2D eigenvalue weighted by Crippen LogP contribution is -2.38. The van der Waals surface area contributed by atoms with Crippen molar-refractivity contribution in [3.05, 3.63) is 51.6 Å². The zero-order chi connectivity index (χ0) is 22.7. The van der Waals surface area contributed by atoms with E-state index in [1.54, 1.807) is 14.0 Å². The van der Waals surface area contributed by atoms with Gasteiger partial charge in [0.05, 0.1) is 26.4 Å². The molecule has 1 saturated heterocycles. The number of anilines is 1. The van der Waals surface area contributed by atoms with Crippen LogP contribution < -0.4 is 20.5 Å². The third-order valence-electron chi connectivity index (χ3n) is 5.67. The number of amides is 1. The molecule has 1 atom stereocenters. The van der Waals surface area contributed by atoms with Crippen molar-refractivity contribution in [1.82, 2.24) is 15.3 Å². The van der Waals surface area contributed by atoms with E-state index in [2.05, 4.69) is 15.3 Å². The van der Waals surface area contributed by atoms with E-state index in [1.807, 2.05) is 36.1 Å². The molecule has 1 fully saturated rings. The Bertz CT molecular complexity index is 1160. The number of ether oxygens (including phenoxy) is 2. The third kappa shape index (κ3) is 4.62. The minimum absolute atomic E-state index is 0.166. The lowest BCUT2D eigenvalue weighted by atomic mass is 10.1. The van der Waals surface area contributed by atoms with Crippen LogP contribution in [0.25, 0.3) is 11.0 Å². The van der Waals surface area contributed by atoms with Crippen LogP contribution in [0.1, 0.15) is 36.4 Å². The minimum atomic E-state index is -0.319. The second kappa shape index (κ2) is 9.44. The summed E-state index contributed by atoms with van der Waals surface area (Å²) < 4.78 is 16.6. The first kappa shape index (κ1) is 21.9. The first-order chi connectivity index (χ1) is 15.5. The van der Waals surface area contributed by atoms with E-state index in [0.29, 0.717) is 67.0 Å². The Kier molecular flexibility index (Phi) is 6.45. The van der Waals surface area contributed by atoms with Crippen LogP contribution >= 0.6 is 0 Å². The van der Waals surface area contributed by atoms with Gasteiger partial charge in [-0.1, -0.05) is 12.1 Å². The van der Waals surface area contributed by atoms with Crippen molar-refractivity contribution in [2.24, 2.45) is 0 Å². The molecule has 0 radical (unpaired) electrons. The van der Waals surface area contributed by atoms with E-state index in [0.717, 1.165) is 5.39 Å². The van der Waals surface area contributed by atoms with Crippen LogP contribution in [-0.2, 0) is 16.0 Å². The van der Waals surface area contributed by atoms with Crippen LogP contribution in [0.2, 0.25) is 0 Å². The molecule has 32 heavy (non-hydrogen) atoms. The molecule has 9 nitrogen and oxygen atoms in total. The second-order valence-corrected chi connectivity index (χ2v) is 7.87. The third-order valence-corrected chi connectivity index (χ3v) is 5.67. The summed E-state index contributed by atoms with van der Waals surface area (Å²) in [7, 11) is 1.59. The summed E-state index contributed by atoms with van der Waals surface area (Å²) in [5, 5.41) is 3.85. The van der Waals surface area contributed by atoms with Gasteiger partial charge in [0.25, 0.3) is 5.56 Å². The largest absolute Gasteiger partial charge is 0.493 e. The number of nitrogens with one attached hydrogen (secondary N) is 2. The number of carbonyl (C=O) groups is 1. The fraction of sp³-hybridized carbons (Fsp3) is 0.435. The quantitative estimate of drug-likeness (QED) is 0.581. The fourth-order valence-corrected chi connectivity index (χ4v) is 3.87. The number of furan rings is 1. The molecule has 1 aliphatic rings. The summed E-state index contributed by atoms with van der Waals surface area (Å²) >= 11 is 0. The summed E-state index contributed by atoms with van der Waals surface area (Å²) in [4.78, 5) is 34.5. The Hall–Kier alpha value is -3.33. The van der Waals surface area contributed by atoms with Crippen LogP contribution in [0.15, 0.2) is 33.5 Å². The Morgan fingerprint density at radius 1 is 1.34 bits per heavy atom. The Balaban J connectivity index is 1.39. The topological polar surface area (TPSA) is 110 Å². The highest BCUT2D eigenvalue weighted by Crippen LogP contribution is 2.30. The van der Waals surface area contributed by atoms with Crippen LogP contribution in [0.3, 0.4) is 0 Å². The maximum absolute atomic E-state index is 12.6. The Labute approximate surface area is 185 Å². The molecule has 170 valence electrons. The normalized spacial score (nSPS) is 15.0. The SMILES string of the molecule is COc1cccc2cc(C(C)NC(=O)CCc3c(C)nc(N4CCOCC4)[nH]c3=O)oc12. The van der Waals surface area contributed by atoms with Crippen molar-refractivity contribution in [1.29, 1.82) is 0 Å². The number of H-pyrrole nitrogens is 1. The standard InChI is InChI=1S/C23H28N4O5/c1-14-17(22(29)26-23(25-14)27-9-11-31-12-10-27)7-8-20(28)24-15(2)19-13-16-5-4-6-18(30-3)21(16)32-19/h4-6,13,15H,7-12H2,1-3H3,(H,24,28)(H,25,26,29). The average molecular weight is 441 g/mol. The van der Waals surface area contributed by atoms with E-state index >= 15 is 0 Å². The predicted molar refractivity (Wildman–Crippen MR) is 120 cm³/mol. The number of aryl methyl sites for hydroxylation is 1. The van der Waals surface area contributed by atoms with Crippen molar-refractivity contribution < 1.29 is 18.7 Å². The van der Waals surface area contributed by atoms with Gasteiger partial charge in [-0.25, -0.2) is 4.98 Å². The molecule has 3 heterocycles. The molecule has 1 aromatic carbocycles. The number of carbonyl (C=O) groups excluding carboxylic acids is 1. The van der Waals surface area contributed by atoms with Gasteiger partial charge in [0, 0.05) is 36.2 Å². The fourth-order valence-electron chi connectivity index (χ4n) is 3.87. The summed E-state index contributed by atoms with van der Waals surface area (Å²) in [5.41, 5.74) is 1.61. The van der Waals surface area contributed by atoms with Gasteiger partial charge in [0.2, 0.25) is 11.9 Å². The van der Waals surface area contributed by atoms with Gasteiger partial charge in [-0.05, 0) is 32.4 Å². The van der Waals surface area contributed by atoms with E-state index < -0.39 is 0 Å². The molecule has 9 heteroatoms. The lowest BCUT2D eigenvalue weighted by Gasteiger charge is -2.27. The number of morpholine rings is 1. The molecule has 2 aromatic heterocycles. The predicted octanol–water partition coefficient (Wildman–Crippen LogP) is 2.48. The van der Waals surface area contributed by atoms with Crippen LogP contribution in [0.4, 0.5) is 5.95 Å². The number of nitrogens with zero attached hydrogens (tertiary/aromatic N) is 2. The number of hydrogen-bond acceptors (Lipinski definition) is 7. The molecule has 0 aliphatic carbocycles. The summed E-state index contributed by atoms with van der Waals surface area (Å²) in [6.07, 6.45) is 0.487. The lowest BCUT2D eigenvalue weighted by molar-refractivity contribution is -0.121. The van der Waals surface area contributed by atoms with Crippen molar-refractivity contribution in [2.45, 2.75) is 32.7 Å². The van der Waals surface area contributed by atoms with Crippen molar-refractivity contribution in [3.8, 4) is 5.75 Å². The zero-order valence-electron chi connectivity index (χ0n) is 18.6. The minimum Gasteiger partial charge on any atom is -0.493 e. The van der Waals surface area contributed by atoms with Gasteiger partial charge in [0.1, 0.15) is 5.76 Å². The number of para-hydroxylation sites is 1. The van der Waals surface area contributed by atoms with Crippen LogP contribution in [0.5, 0.6) is 5.75 Å². The highest BCUT2D eigenvalue weighted by Gasteiger charge is 2.19. The molecule has 1 unspecified atom stereocenters. The number of rotatable bonds is 7. The highest BCUT2D eigenvalue weighted by atomic mass is 16.5. The number of aromatic nitrogens is 2. The van der Waals surface area contributed by atoms with Crippen molar-refractivity contribution in [3.63, 3.8) is 0 Å². The van der Waals surface area contributed by atoms with Gasteiger partial charge >= 0.3 is 0 Å². The monoisotopic (exact) mass is 440 g/mol. The smallest absolute Gasteiger partial charge is 0.255 e. The highest BCUT2D eigenvalue weighted by molar-refractivity contribution is 5.84.